The molecule has 0 unspecified atom stereocenters. The van der Waals surface area contributed by atoms with Crippen molar-refractivity contribution in [2.75, 3.05) is 5.32 Å². The Morgan fingerprint density at radius 3 is 2.96 bits per heavy atom. The van der Waals surface area contributed by atoms with Crippen molar-refractivity contribution in [3.05, 3.63) is 65.8 Å². The summed E-state index contributed by atoms with van der Waals surface area (Å²) in [7, 11) is 0. The van der Waals surface area contributed by atoms with E-state index < -0.39 is 0 Å². The standard InChI is InChI=1S/C17H12N4OS/c22-17(15-10-14(20-21-15)16-4-2-8-23-16)19-12-5-6-13-11(9-12)3-1-7-18-13/h1-10H,(H,19,22)(H,20,21). The summed E-state index contributed by atoms with van der Waals surface area (Å²) in [6, 6.07) is 15.1. The maximum atomic E-state index is 12.3. The zero-order valence-electron chi connectivity index (χ0n) is 12.0. The summed E-state index contributed by atoms with van der Waals surface area (Å²) >= 11 is 1.60. The highest BCUT2D eigenvalue weighted by atomic mass is 32.1. The fourth-order valence-electron chi connectivity index (χ4n) is 2.34. The number of pyridine rings is 1. The predicted molar refractivity (Wildman–Crippen MR) is 91.6 cm³/mol. The van der Waals surface area contributed by atoms with Crippen LogP contribution in [0.5, 0.6) is 0 Å². The Morgan fingerprint density at radius 2 is 2.09 bits per heavy atom. The molecule has 0 aliphatic rings. The number of aromatic amines is 1. The van der Waals surface area contributed by atoms with Gasteiger partial charge in [0, 0.05) is 17.3 Å². The smallest absolute Gasteiger partial charge is 0.276 e. The molecule has 0 aliphatic carbocycles. The number of nitrogens with zero attached hydrogens (tertiary/aromatic N) is 2. The first-order chi connectivity index (χ1) is 11.3. The molecular weight excluding hydrogens is 308 g/mol. The molecule has 4 aromatic rings. The molecule has 1 aromatic carbocycles. The topological polar surface area (TPSA) is 70.7 Å². The number of hydrogen-bond donors (Lipinski definition) is 2. The van der Waals surface area contributed by atoms with E-state index in [0.717, 1.165) is 27.2 Å². The number of aromatic nitrogens is 3. The van der Waals surface area contributed by atoms with E-state index in [-0.39, 0.29) is 5.91 Å². The maximum Gasteiger partial charge on any atom is 0.276 e. The van der Waals surface area contributed by atoms with Crippen LogP contribution in [0, 0.1) is 0 Å². The molecule has 0 aliphatic heterocycles. The molecule has 0 fully saturated rings. The van der Waals surface area contributed by atoms with Crippen LogP contribution in [0.4, 0.5) is 5.69 Å². The first-order valence-electron chi connectivity index (χ1n) is 7.05. The van der Waals surface area contributed by atoms with Gasteiger partial charge in [-0.05, 0) is 41.8 Å². The van der Waals surface area contributed by atoms with Gasteiger partial charge in [-0.2, -0.15) is 5.10 Å². The van der Waals surface area contributed by atoms with Crippen molar-refractivity contribution in [1.29, 1.82) is 0 Å². The lowest BCUT2D eigenvalue weighted by Crippen LogP contribution is -2.12. The number of carbonyl (C=O) groups is 1. The van der Waals surface area contributed by atoms with Crippen molar-refractivity contribution < 1.29 is 4.79 Å². The fourth-order valence-corrected chi connectivity index (χ4v) is 3.04. The highest BCUT2D eigenvalue weighted by Crippen LogP contribution is 2.23. The lowest BCUT2D eigenvalue weighted by atomic mass is 10.2. The van der Waals surface area contributed by atoms with Crippen LogP contribution >= 0.6 is 11.3 Å². The van der Waals surface area contributed by atoms with Crippen LogP contribution in [0.3, 0.4) is 0 Å². The number of benzene rings is 1. The monoisotopic (exact) mass is 320 g/mol. The molecule has 112 valence electrons. The molecule has 6 heteroatoms. The first-order valence-corrected chi connectivity index (χ1v) is 7.93. The van der Waals surface area contributed by atoms with Crippen LogP contribution in [-0.4, -0.2) is 21.1 Å². The van der Waals surface area contributed by atoms with Gasteiger partial charge in [0.1, 0.15) is 0 Å². The number of rotatable bonds is 3. The number of amides is 1. The van der Waals surface area contributed by atoms with Crippen molar-refractivity contribution in [3.8, 4) is 10.6 Å². The van der Waals surface area contributed by atoms with E-state index in [1.165, 1.54) is 0 Å². The number of carbonyl (C=O) groups excluding carboxylic acids is 1. The third-order valence-corrected chi connectivity index (χ3v) is 4.36. The second kappa shape index (κ2) is 5.66. The van der Waals surface area contributed by atoms with Gasteiger partial charge < -0.3 is 5.32 Å². The van der Waals surface area contributed by atoms with Gasteiger partial charge in [-0.15, -0.1) is 11.3 Å². The molecule has 2 N–H and O–H groups in total. The van der Waals surface area contributed by atoms with Crippen molar-refractivity contribution >= 4 is 33.8 Å². The van der Waals surface area contributed by atoms with E-state index in [2.05, 4.69) is 20.5 Å². The summed E-state index contributed by atoms with van der Waals surface area (Å²) in [5, 5.41) is 12.8. The molecule has 3 heterocycles. The summed E-state index contributed by atoms with van der Waals surface area (Å²) in [5.74, 6) is -0.243. The minimum absolute atomic E-state index is 0.243. The molecule has 0 spiro atoms. The van der Waals surface area contributed by atoms with E-state index in [4.69, 9.17) is 0 Å². The molecule has 0 radical (unpaired) electrons. The van der Waals surface area contributed by atoms with Crippen molar-refractivity contribution in [1.82, 2.24) is 15.2 Å². The van der Waals surface area contributed by atoms with Gasteiger partial charge >= 0.3 is 0 Å². The van der Waals surface area contributed by atoms with Gasteiger partial charge in [0.2, 0.25) is 0 Å². The van der Waals surface area contributed by atoms with Crippen LogP contribution in [0.15, 0.2) is 60.1 Å². The maximum absolute atomic E-state index is 12.3. The summed E-state index contributed by atoms with van der Waals surface area (Å²) in [6.07, 6.45) is 1.75. The lowest BCUT2D eigenvalue weighted by molar-refractivity contribution is 0.102. The second-order valence-corrected chi connectivity index (χ2v) is 5.96. The average molecular weight is 320 g/mol. The lowest BCUT2D eigenvalue weighted by Gasteiger charge is -2.04. The summed E-state index contributed by atoms with van der Waals surface area (Å²) in [4.78, 5) is 17.6. The average Bonchev–Trinajstić information content (AvgIpc) is 3.26. The van der Waals surface area contributed by atoms with Gasteiger partial charge in [0.15, 0.2) is 5.69 Å². The van der Waals surface area contributed by atoms with Gasteiger partial charge in [0.05, 0.1) is 16.1 Å². The highest BCUT2D eigenvalue weighted by Gasteiger charge is 2.12. The first kappa shape index (κ1) is 13.7. The van der Waals surface area contributed by atoms with Gasteiger partial charge in [0.25, 0.3) is 5.91 Å². The highest BCUT2D eigenvalue weighted by molar-refractivity contribution is 7.13. The van der Waals surface area contributed by atoms with E-state index in [1.54, 1.807) is 23.6 Å². The Balaban J connectivity index is 1.57. The number of thiophene rings is 1. The largest absolute Gasteiger partial charge is 0.321 e. The van der Waals surface area contributed by atoms with Crippen molar-refractivity contribution in [2.45, 2.75) is 0 Å². The molecule has 4 rings (SSSR count). The minimum Gasteiger partial charge on any atom is -0.321 e. The SMILES string of the molecule is O=C(Nc1ccc2ncccc2c1)c1cc(-c2cccs2)[nH]n1. The number of anilines is 1. The Labute approximate surface area is 136 Å². The summed E-state index contributed by atoms with van der Waals surface area (Å²) in [5.41, 5.74) is 2.81. The molecule has 5 nitrogen and oxygen atoms in total. The Hall–Kier alpha value is -2.99. The van der Waals surface area contributed by atoms with Crippen LogP contribution in [-0.2, 0) is 0 Å². The fraction of sp³-hybridized carbons (Fsp3) is 0. The molecular formula is C17H12N4OS. The third kappa shape index (κ3) is 2.72. The number of fused-ring (bicyclic) bond motifs is 1. The third-order valence-electron chi connectivity index (χ3n) is 3.46. The Morgan fingerprint density at radius 1 is 1.13 bits per heavy atom. The molecule has 0 saturated heterocycles. The Bertz CT molecular complexity index is 975. The van der Waals surface area contributed by atoms with Gasteiger partial charge in [-0.3, -0.25) is 14.9 Å². The van der Waals surface area contributed by atoms with Crippen molar-refractivity contribution in [3.63, 3.8) is 0 Å². The second-order valence-electron chi connectivity index (χ2n) is 5.01. The minimum atomic E-state index is -0.243. The quantitative estimate of drug-likeness (QED) is 0.600. The van der Waals surface area contributed by atoms with Crippen LogP contribution in [0.2, 0.25) is 0 Å². The molecule has 3 aromatic heterocycles. The molecule has 0 atom stereocenters. The van der Waals surface area contributed by atoms with E-state index in [9.17, 15) is 4.79 Å². The van der Waals surface area contributed by atoms with Crippen LogP contribution in [0.1, 0.15) is 10.5 Å². The zero-order chi connectivity index (χ0) is 15.6. The summed E-state index contributed by atoms with van der Waals surface area (Å²) in [6.45, 7) is 0. The normalized spacial score (nSPS) is 10.8. The summed E-state index contributed by atoms with van der Waals surface area (Å²) < 4.78 is 0. The van der Waals surface area contributed by atoms with Crippen LogP contribution < -0.4 is 5.32 Å². The van der Waals surface area contributed by atoms with E-state index >= 15 is 0 Å². The van der Waals surface area contributed by atoms with Crippen LogP contribution in [0.25, 0.3) is 21.5 Å². The number of H-pyrrole nitrogens is 1. The zero-order valence-corrected chi connectivity index (χ0v) is 12.8. The van der Waals surface area contributed by atoms with Gasteiger partial charge in [-0.25, -0.2) is 0 Å². The molecule has 1 amide bonds. The van der Waals surface area contributed by atoms with E-state index in [0.29, 0.717) is 5.69 Å². The predicted octanol–water partition coefficient (Wildman–Crippen LogP) is 3.94. The van der Waals surface area contributed by atoms with Crippen molar-refractivity contribution in [2.24, 2.45) is 0 Å². The molecule has 0 saturated carbocycles. The van der Waals surface area contributed by atoms with Gasteiger partial charge in [-0.1, -0.05) is 12.1 Å². The number of hydrogen-bond acceptors (Lipinski definition) is 4. The molecule has 0 bridgehead atoms. The molecule has 23 heavy (non-hydrogen) atoms. The Kier molecular flexibility index (Phi) is 3.36. The number of nitrogens with one attached hydrogen (secondary N) is 2. The van der Waals surface area contributed by atoms with E-state index in [1.807, 2.05) is 47.8 Å².